The fourth-order valence-corrected chi connectivity index (χ4v) is 2.63. The van der Waals surface area contributed by atoms with Crippen molar-refractivity contribution in [3.63, 3.8) is 0 Å². The fraction of sp³-hybridized carbons (Fsp3) is 0.333. The van der Waals surface area contributed by atoms with Gasteiger partial charge in [-0.05, 0) is 49.3 Å². The first-order valence-corrected chi connectivity index (χ1v) is 7.71. The number of rotatable bonds is 4. The molecular formula is C15H19N5OS. The van der Waals surface area contributed by atoms with E-state index in [4.69, 9.17) is 10.2 Å². The second kappa shape index (κ2) is 6.65. The number of dihydropyridines is 1. The predicted octanol–water partition coefficient (Wildman–Crippen LogP) is 1.37. The summed E-state index contributed by atoms with van der Waals surface area (Å²) in [6.45, 7) is 3.04. The Balaban J connectivity index is 1.66. The van der Waals surface area contributed by atoms with Crippen molar-refractivity contribution < 1.29 is 4.42 Å². The molecule has 1 aromatic rings. The van der Waals surface area contributed by atoms with Crippen molar-refractivity contribution in [2.45, 2.75) is 12.8 Å². The smallest absolute Gasteiger partial charge is 0.184 e. The third-order valence-electron chi connectivity index (χ3n) is 3.66. The Hall–Kier alpha value is -2.28. The monoisotopic (exact) mass is 317 g/mol. The van der Waals surface area contributed by atoms with E-state index < -0.39 is 0 Å². The van der Waals surface area contributed by atoms with Gasteiger partial charge in [-0.25, -0.2) is 0 Å². The van der Waals surface area contributed by atoms with Gasteiger partial charge >= 0.3 is 0 Å². The van der Waals surface area contributed by atoms with Crippen LogP contribution in [0.4, 0.5) is 0 Å². The molecule has 0 atom stereocenters. The molecule has 2 aliphatic rings. The zero-order valence-corrected chi connectivity index (χ0v) is 13.0. The molecule has 2 aliphatic heterocycles. The Morgan fingerprint density at radius 1 is 1.36 bits per heavy atom. The summed E-state index contributed by atoms with van der Waals surface area (Å²) in [5, 5.41) is 7.46. The topological polar surface area (TPSA) is 78.8 Å². The van der Waals surface area contributed by atoms with E-state index in [1.165, 1.54) is 18.7 Å². The molecule has 1 aromatic heterocycles. The molecule has 0 spiro atoms. The van der Waals surface area contributed by atoms with E-state index in [-0.39, 0.29) is 5.11 Å². The van der Waals surface area contributed by atoms with Crippen LogP contribution in [0.3, 0.4) is 0 Å². The summed E-state index contributed by atoms with van der Waals surface area (Å²) in [7, 11) is 0. The van der Waals surface area contributed by atoms with Crippen molar-refractivity contribution in [3.05, 3.63) is 41.6 Å². The Bertz CT molecular complexity index is 640. The molecule has 0 amide bonds. The van der Waals surface area contributed by atoms with Gasteiger partial charge in [0.2, 0.25) is 0 Å². The Labute approximate surface area is 134 Å². The van der Waals surface area contributed by atoms with Gasteiger partial charge in [-0.15, -0.1) is 0 Å². The molecule has 3 heterocycles. The molecule has 0 bridgehead atoms. The first-order valence-electron chi connectivity index (χ1n) is 7.31. The summed E-state index contributed by atoms with van der Waals surface area (Å²) in [5.74, 6) is 2.69. The molecule has 1 fully saturated rings. The second-order valence-electron chi connectivity index (χ2n) is 5.23. The predicted molar refractivity (Wildman–Crippen MR) is 91.1 cm³/mol. The van der Waals surface area contributed by atoms with E-state index in [0.717, 1.165) is 31.0 Å². The number of thiocarbonyl (C=S) groups is 1. The summed E-state index contributed by atoms with van der Waals surface area (Å²) >= 11 is 4.67. The Morgan fingerprint density at radius 3 is 2.86 bits per heavy atom. The quantitative estimate of drug-likeness (QED) is 0.442. The van der Waals surface area contributed by atoms with E-state index in [2.05, 4.69) is 45.1 Å². The number of likely N-dealkylation sites (tertiary alicyclic amines) is 1. The third kappa shape index (κ3) is 3.48. The first-order chi connectivity index (χ1) is 10.7. The minimum absolute atomic E-state index is 0.127. The number of furan rings is 1. The van der Waals surface area contributed by atoms with E-state index >= 15 is 0 Å². The van der Waals surface area contributed by atoms with Crippen LogP contribution in [0.1, 0.15) is 24.4 Å². The number of hydrogen-bond donors (Lipinski definition) is 3. The van der Waals surface area contributed by atoms with Crippen LogP contribution in [-0.4, -0.2) is 35.9 Å². The zero-order chi connectivity index (χ0) is 15.4. The molecule has 7 heteroatoms. The lowest BCUT2D eigenvalue weighted by molar-refractivity contribution is 0.394. The van der Waals surface area contributed by atoms with Crippen molar-refractivity contribution in [2.24, 2.45) is 10.8 Å². The average molecular weight is 317 g/mol. The molecule has 3 rings (SSSR count). The average Bonchev–Trinajstić information content (AvgIpc) is 3.19. The number of nitrogens with two attached hydrogens (primary N) is 1. The first kappa shape index (κ1) is 14.6. The minimum atomic E-state index is 0.127. The van der Waals surface area contributed by atoms with Gasteiger partial charge in [0.25, 0.3) is 0 Å². The maximum atomic E-state index is 5.74. The van der Waals surface area contributed by atoms with Gasteiger partial charge in [0, 0.05) is 25.2 Å². The zero-order valence-electron chi connectivity index (χ0n) is 12.2. The fourth-order valence-electron chi connectivity index (χ4n) is 2.58. The molecule has 116 valence electrons. The van der Waals surface area contributed by atoms with Crippen molar-refractivity contribution in [3.8, 4) is 0 Å². The molecule has 22 heavy (non-hydrogen) atoms. The number of nitrogens with zero attached hydrogens (tertiary/aromatic N) is 2. The second-order valence-corrected chi connectivity index (χ2v) is 5.67. The molecule has 0 unspecified atom stereocenters. The molecule has 1 saturated heterocycles. The standard InChI is InChI=1S/C15H19N5OS/c16-15(22)19-18-10-12-4-5-13(21-12)11-3-6-14(17-9-11)20-7-1-2-8-20/h3-6,10,17H,1-2,7-9H2,(H3,16,19,22)/b18-10+. The van der Waals surface area contributed by atoms with Crippen LogP contribution < -0.4 is 16.5 Å². The lowest BCUT2D eigenvalue weighted by Gasteiger charge is -2.25. The SMILES string of the molecule is NC(=S)N/N=C/c1ccc(C2=CC=C(N3CCCC3)NC2)o1. The molecule has 6 nitrogen and oxygen atoms in total. The summed E-state index contributed by atoms with van der Waals surface area (Å²) in [6, 6.07) is 3.80. The highest BCUT2D eigenvalue weighted by molar-refractivity contribution is 7.80. The summed E-state index contributed by atoms with van der Waals surface area (Å²) in [4.78, 5) is 2.38. The lowest BCUT2D eigenvalue weighted by Crippen LogP contribution is -2.31. The van der Waals surface area contributed by atoms with Crippen molar-refractivity contribution in [1.82, 2.24) is 15.6 Å². The maximum absolute atomic E-state index is 5.74. The van der Waals surface area contributed by atoms with E-state index in [9.17, 15) is 0 Å². The van der Waals surface area contributed by atoms with Crippen LogP contribution in [0.15, 0.2) is 39.6 Å². The van der Waals surface area contributed by atoms with E-state index in [1.807, 2.05) is 12.1 Å². The largest absolute Gasteiger partial charge is 0.455 e. The highest BCUT2D eigenvalue weighted by Crippen LogP contribution is 2.22. The summed E-state index contributed by atoms with van der Waals surface area (Å²) in [5.41, 5.74) is 8.90. The van der Waals surface area contributed by atoms with Crippen LogP contribution in [0.5, 0.6) is 0 Å². The Morgan fingerprint density at radius 2 is 2.18 bits per heavy atom. The van der Waals surface area contributed by atoms with Gasteiger partial charge in [0.05, 0.1) is 6.21 Å². The van der Waals surface area contributed by atoms with Gasteiger partial charge in [0.15, 0.2) is 5.11 Å². The molecular weight excluding hydrogens is 298 g/mol. The van der Waals surface area contributed by atoms with Gasteiger partial charge in [-0.3, -0.25) is 5.43 Å². The number of hydrogen-bond acceptors (Lipinski definition) is 5. The van der Waals surface area contributed by atoms with Crippen LogP contribution in [-0.2, 0) is 0 Å². The lowest BCUT2D eigenvalue weighted by atomic mass is 10.1. The molecule has 0 aliphatic carbocycles. The van der Waals surface area contributed by atoms with E-state index in [1.54, 1.807) is 6.21 Å². The third-order valence-corrected chi connectivity index (χ3v) is 3.75. The van der Waals surface area contributed by atoms with Crippen LogP contribution in [0, 0.1) is 0 Å². The van der Waals surface area contributed by atoms with Gasteiger partial charge in [-0.2, -0.15) is 5.10 Å². The minimum Gasteiger partial charge on any atom is -0.455 e. The Kier molecular flexibility index (Phi) is 4.43. The van der Waals surface area contributed by atoms with Crippen molar-refractivity contribution in [1.29, 1.82) is 0 Å². The van der Waals surface area contributed by atoms with Crippen LogP contribution in [0.2, 0.25) is 0 Å². The van der Waals surface area contributed by atoms with Gasteiger partial charge < -0.3 is 20.4 Å². The summed E-state index contributed by atoms with van der Waals surface area (Å²) < 4.78 is 5.74. The van der Waals surface area contributed by atoms with Crippen molar-refractivity contribution >= 4 is 29.1 Å². The number of hydrazone groups is 1. The van der Waals surface area contributed by atoms with Crippen LogP contribution >= 0.6 is 12.2 Å². The summed E-state index contributed by atoms with van der Waals surface area (Å²) in [6.07, 6.45) is 8.32. The van der Waals surface area contributed by atoms with E-state index in [0.29, 0.717) is 5.76 Å². The molecule has 0 saturated carbocycles. The van der Waals surface area contributed by atoms with Crippen LogP contribution in [0.25, 0.3) is 5.57 Å². The van der Waals surface area contributed by atoms with Gasteiger partial charge in [-0.1, -0.05) is 0 Å². The molecule has 4 N–H and O–H groups in total. The van der Waals surface area contributed by atoms with Gasteiger partial charge in [0.1, 0.15) is 17.3 Å². The molecule has 0 radical (unpaired) electrons. The molecule has 0 aromatic carbocycles. The highest BCUT2D eigenvalue weighted by atomic mass is 32.1. The van der Waals surface area contributed by atoms with Crippen molar-refractivity contribution in [2.75, 3.05) is 19.6 Å². The number of nitrogens with one attached hydrogen (secondary N) is 2. The normalized spacial score (nSPS) is 18.1. The maximum Gasteiger partial charge on any atom is 0.184 e. The number of allylic oxidation sites excluding steroid dienone is 2. The highest BCUT2D eigenvalue weighted by Gasteiger charge is 2.17.